The van der Waals surface area contributed by atoms with Crippen LogP contribution in [0.5, 0.6) is 0 Å². The lowest BCUT2D eigenvalue weighted by Crippen LogP contribution is -2.42. The summed E-state index contributed by atoms with van der Waals surface area (Å²) in [4.78, 5) is 34.3. The number of amides is 1. The first-order valence-corrected chi connectivity index (χ1v) is 6.42. The van der Waals surface area contributed by atoms with E-state index in [0.29, 0.717) is 17.0 Å². The number of hydrogen-bond donors (Lipinski definition) is 3. The third kappa shape index (κ3) is 3.65. The van der Waals surface area contributed by atoms with Crippen molar-refractivity contribution in [1.29, 1.82) is 0 Å². The normalized spacial score (nSPS) is 11.9. The molecule has 0 fully saturated rings. The lowest BCUT2D eigenvalue weighted by molar-refractivity contribution is -0.139. The van der Waals surface area contributed by atoms with E-state index in [-0.39, 0.29) is 6.42 Å². The van der Waals surface area contributed by atoms with Gasteiger partial charge in [0.15, 0.2) is 0 Å². The number of carbonyl (C=O) groups excluding carboxylic acids is 1. The third-order valence-corrected chi connectivity index (χ3v) is 3.05. The van der Waals surface area contributed by atoms with E-state index in [1.807, 2.05) is 6.92 Å². The predicted molar refractivity (Wildman–Crippen MR) is 74.9 cm³/mol. The monoisotopic (exact) mass is 288 g/mol. The molecule has 0 radical (unpaired) electrons. The Hall–Kier alpha value is -2.70. The molecular weight excluding hydrogens is 272 g/mol. The molecule has 0 saturated heterocycles. The van der Waals surface area contributed by atoms with Gasteiger partial charge >= 0.3 is 5.97 Å². The maximum absolute atomic E-state index is 12.2. The molecule has 3 N–H and O–H groups in total. The fourth-order valence-corrected chi connectivity index (χ4v) is 1.98. The average Bonchev–Trinajstić information content (AvgIpc) is 2.90. The summed E-state index contributed by atoms with van der Waals surface area (Å²) < 4.78 is 0. The molecule has 1 atom stereocenters. The van der Waals surface area contributed by atoms with E-state index in [2.05, 4.69) is 20.3 Å². The Morgan fingerprint density at radius 1 is 1.38 bits per heavy atom. The molecule has 21 heavy (non-hydrogen) atoms. The van der Waals surface area contributed by atoms with E-state index >= 15 is 0 Å². The summed E-state index contributed by atoms with van der Waals surface area (Å²) in [7, 11) is 0. The van der Waals surface area contributed by atoms with Crippen molar-refractivity contribution < 1.29 is 14.7 Å². The van der Waals surface area contributed by atoms with E-state index in [1.54, 1.807) is 19.1 Å². The minimum atomic E-state index is -1.10. The highest BCUT2D eigenvalue weighted by Gasteiger charge is 2.22. The average molecular weight is 288 g/mol. The second-order valence-corrected chi connectivity index (χ2v) is 4.73. The van der Waals surface area contributed by atoms with Gasteiger partial charge in [0.05, 0.1) is 17.6 Å². The molecule has 0 aliphatic rings. The minimum absolute atomic E-state index is 0.138. The number of aryl methyl sites for hydroxylation is 2. The first-order chi connectivity index (χ1) is 9.97. The number of carboxylic acid groups (broad SMARTS) is 1. The molecule has 2 aromatic rings. The highest BCUT2D eigenvalue weighted by atomic mass is 16.4. The van der Waals surface area contributed by atoms with E-state index in [1.165, 1.54) is 12.5 Å². The number of nitrogens with zero attached hydrogens (tertiary/aromatic N) is 2. The van der Waals surface area contributed by atoms with Crippen LogP contribution in [0.4, 0.5) is 0 Å². The van der Waals surface area contributed by atoms with Crippen molar-refractivity contribution in [3.05, 3.63) is 47.3 Å². The third-order valence-electron chi connectivity index (χ3n) is 3.05. The molecule has 0 unspecified atom stereocenters. The van der Waals surface area contributed by atoms with Gasteiger partial charge in [0, 0.05) is 24.0 Å². The zero-order valence-corrected chi connectivity index (χ0v) is 11.8. The van der Waals surface area contributed by atoms with Gasteiger partial charge in [0.1, 0.15) is 6.04 Å². The molecule has 0 aliphatic heterocycles. The van der Waals surface area contributed by atoms with Crippen LogP contribution < -0.4 is 5.32 Å². The summed E-state index contributed by atoms with van der Waals surface area (Å²) in [6.07, 6.45) is 3.13. The number of rotatable bonds is 5. The van der Waals surface area contributed by atoms with Crippen LogP contribution in [0, 0.1) is 13.8 Å². The van der Waals surface area contributed by atoms with Gasteiger partial charge in [-0.05, 0) is 26.0 Å². The molecule has 0 aromatic carbocycles. The van der Waals surface area contributed by atoms with Crippen LogP contribution in [-0.4, -0.2) is 38.0 Å². The van der Waals surface area contributed by atoms with Crippen LogP contribution in [0.25, 0.3) is 0 Å². The number of aromatic nitrogens is 3. The molecule has 0 spiro atoms. The number of H-pyrrole nitrogens is 1. The van der Waals surface area contributed by atoms with Crippen molar-refractivity contribution >= 4 is 11.9 Å². The van der Waals surface area contributed by atoms with Crippen molar-refractivity contribution in [2.45, 2.75) is 26.3 Å². The summed E-state index contributed by atoms with van der Waals surface area (Å²) in [6, 6.07) is 2.33. The fourth-order valence-electron chi connectivity index (χ4n) is 1.98. The number of carbonyl (C=O) groups is 2. The van der Waals surface area contributed by atoms with Crippen LogP contribution >= 0.6 is 0 Å². The number of imidazole rings is 1. The quantitative estimate of drug-likeness (QED) is 0.755. The summed E-state index contributed by atoms with van der Waals surface area (Å²) in [6.45, 7) is 3.54. The highest BCUT2D eigenvalue weighted by Crippen LogP contribution is 2.08. The molecular formula is C14H16N4O3. The number of aromatic amines is 1. The second kappa shape index (κ2) is 6.17. The fraction of sp³-hybridized carbons (Fsp3) is 0.286. The molecule has 0 aliphatic carbocycles. The molecule has 2 rings (SSSR count). The number of nitrogens with one attached hydrogen (secondary N) is 2. The van der Waals surface area contributed by atoms with E-state index < -0.39 is 17.9 Å². The Balaban J connectivity index is 2.12. The molecule has 2 aromatic heterocycles. The number of aliphatic carboxylic acids is 1. The topological polar surface area (TPSA) is 108 Å². The van der Waals surface area contributed by atoms with Crippen molar-refractivity contribution in [3.63, 3.8) is 0 Å². The van der Waals surface area contributed by atoms with Crippen LogP contribution in [-0.2, 0) is 11.2 Å². The Labute approximate surface area is 121 Å². The molecule has 7 heteroatoms. The van der Waals surface area contributed by atoms with Gasteiger partial charge in [-0.3, -0.25) is 9.78 Å². The van der Waals surface area contributed by atoms with Gasteiger partial charge in [-0.25, -0.2) is 9.78 Å². The molecule has 7 nitrogen and oxygen atoms in total. The van der Waals surface area contributed by atoms with Crippen LogP contribution in [0.3, 0.4) is 0 Å². The number of hydrogen-bond acceptors (Lipinski definition) is 4. The summed E-state index contributed by atoms with van der Waals surface area (Å²) in [5.74, 6) is -1.55. The molecule has 0 saturated carbocycles. The molecule has 0 bridgehead atoms. The van der Waals surface area contributed by atoms with Gasteiger partial charge in [-0.2, -0.15) is 0 Å². The maximum atomic E-state index is 12.2. The standard InChI is InChI=1S/C14H16N4O3/c1-8-3-4-11(9(2)17-8)13(19)18-12(14(20)21)5-10-6-15-7-16-10/h3-4,6-7,12H,5H2,1-2H3,(H,15,16)(H,18,19)(H,20,21)/t12-/m0/s1. The smallest absolute Gasteiger partial charge is 0.326 e. The van der Waals surface area contributed by atoms with Gasteiger partial charge in [0.2, 0.25) is 0 Å². The lowest BCUT2D eigenvalue weighted by atomic mass is 10.1. The first kappa shape index (κ1) is 14.7. The summed E-state index contributed by atoms with van der Waals surface area (Å²) in [5, 5.41) is 11.7. The van der Waals surface area contributed by atoms with Crippen molar-refractivity contribution in [2.75, 3.05) is 0 Å². The summed E-state index contributed by atoms with van der Waals surface area (Å²) in [5.41, 5.74) is 2.38. The lowest BCUT2D eigenvalue weighted by Gasteiger charge is -2.14. The van der Waals surface area contributed by atoms with Crippen molar-refractivity contribution in [1.82, 2.24) is 20.3 Å². The largest absolute Gasteiger partial charge is 0.480 e. The second-order valence-electron chi connectivity index (χ2n) is 4.73. The molecule has 2 heterocycles. The summed E-state index contributed by atoms with van der Waals surface area (Å²) >= 11 is 0. The van der Waals surface area contributed by atoms with Gasteiger partial charge in [-0.1, -0.05) is 0 Å². The van der Waals surface area contributed by atoms with Crippen molar-refractivity contribution in [3.8, 4) is 0 Å². The molecule has 110 valence electrons. The first-order valence-electron chi connectivity index (χ1n) is 6.42. The maximum Gasteiger partial charge on any atom is 0.326 e. The Morgan fingerprint density at radius 2 is 2.14 bits per heavy atom. The van der Waals surface area contributed by atoms with Crippen molar-refractivity contribution in [2.24, 2.45) is 0 Å². The zero-order valence-electron chi connectivity index (χ0n) is 11.8. The zero-order chi connectivity index (χ0) is 15.4. The Bertz CT molecular complexity index is 652. The van der Waals surface area contributed by atoms with E-state index in [4.69, 9.17) is 0 Å². The molecule has 1 amide bonds. The van der Waals surface area contributed by atoms with E-state index in [0.717, 1.165) is 5.69 Å². The van der Waals surface area contributed by atoms with Crippen LogP contribution in [0.2, 0.25) is 0 Å². The van der Waals surface area contributed by atoms with Gasteiger partial charge in [0.25, 0.3) is 5.91 Å². The van der Waals surface area contributed by atoms with Crippen LogP contribution in [0.15, 0.2) is 24.7 Å². The number of pyridine rings is 1. The number of carboxylic acids is 1. The predicted octanol–water partition coefficient (Wildman–Crippen LogP) is 0.847. The van der Waals surface area contributed by atoms with Crippen LogP contribution in [0.1, 0.15) is 27.4 Å². The van der Waals surface area contributed by atoms with Gasteiger partial charge in [-0.15, -0.1) is 0 Å². The Kier molecular flexibility index (Phi) is 4.32. The SMILES string of the molecule is Cc1ccc(C(=O)N[C@@H](Cc2cnc[nH]2)C(=O)O)c(C)n1. The van der Waals surface area contributed by atoms with E-state index in [9.17, 15) is 14.7 Å². The van der Waals surface area contributed by atoms with Gasteiger partial charge < -0.3 is 15.4 Å². The minimum Gasteiger partial charge on any atom is -0.480 e. The Morgan fingerprint density at radius 3 is 2.71 bits per heavy atom. The highest BCUT2D eigenvalue weighted by molar-refractivity contribution is 5.97.